The molecule has 0 spiro atoms. The molecule has 1 heteroatoms. The zero-order chi connectivity index (χ0) is 6.69. The van der Waals surface area contributed by atoms with E-state index < -0.39 is 6.17 Å². The number of allylic oxidation sites excluding steroid dienone is 1. The van der Waals surface area contributed by atoms with Crippen LogP contribution in [0.4, 0.5) is 4.39 Å². The molecule has 1 radical (unpaired) electrons. The molecule has 1 saturated carbocycles. The molecule has 0 saturated heterocycles. The molecule has 51 valence electrons. The minimum absolute atomic E-state index is 0.483. The van der Waals surface area contributed by atoms with Crippen molar-refractivity contribution < 1.29 is 4.39 Å². The van der Waals surface area contributed by atoms with Crippen LogP contribution in [-0.4, -0.2) is 6.17 Å². The molecule has 0 N–H and O–H groups in total. The summed E-state index contributed by atoms with van der Waals surface area (Å²) in [5, 5.41) is 0. The molecule has 0 unspecified atom stereocenters. The Balaban J connectivity index is 2.26. The van der Waals surface area contributed by atoms with E-state index in [0.717, 1.165) is 12.8 Å². The smallest absolute Gasteiger partial charge is 0.100 e. The lowest BCUT2D eigenvalue weighted by Gasteiger charge is -2.20. The third kappa shape index (κ3) is 1.81. The van der Waals surface area contributed by atoms with Crippen molar-refractivity contribution >= 4 is 0 Å². The van der Waals surface area contributed by atoms with E-state index in [1.807, 2.05) is 0 Å². The average molecular weight is 127 g/mol. The average Bonchev–Trinajstić information content (AvgIpc) is 1.90. The predicted molar refractivity (Wildman–Crippen MR) is 35.7 cm³/mol. The van der Waals surface area contributed by atoms with Gasteiger partial charge in [0.15, 0.2) is 0 Å². The van der Waals surface area contributed by atoms with E-state index in [0.29, 0.717) is 18.8 Å². The highest BCUT2D eigenvalue weighted by molar-refractivity contribution is 4.82. The normalized spacial score (nSPS) is 36.1. The van der Waals surface area contributed by atoms with Crippen molar-refractivity contribution in [1.82, 2.24) is 0 Å². The third-order valence-corrected chi connectivity index (χ3v) is 1.97. The highest BCUT2D eigenvalue weighted by Crippen LogP contribution is 2.26. The van der Waals surface area contributed by atoms with Gasteiger partial charge in [0, 0.05) is 0 Å². The molecule has 0 bridgehead atoms. The molecule has 0 aliphatic heterocycles. The topological polar surface area (TPSA) is 0 Å². The number of hydrogen-bond donors (Lipinski definition) is 0. The summed E-state index contributed by atoms with van der Waals surface area (Å²) in [5.41, 5.74) is 0. The predicted octanol–water partition coefficient (Wildman–Crippen LogP) is 2.50. The fourth-order valence-electron chi connectivity index (χ4n) is 1.27. The fraction of sp³-hybridized carbons (Fsp3) is 0.750. The Hall–Kier alpha value is -0.330. The van der Waals surface area contributed by atoms with E-state index in [-0.39, 0.29) is 0 Å². The van der Waals surface area contributed by atoms with Crippen LogP contribution in [0.2, 0.25) is 0 Å². The van der Waals surface area contributed by atoms with Gasteiger partial charge in [-0.3, -0.25) is 0 Å². The van der Waals surface area contributed by atoms with Crippen molar-refractivity contribution in [2.24, 2.45) is 5.92 Å². The van der Waals surface area contributed by atoms with Crippen LogP contribution in [-0.2, 0) is 0 Å². The fourth-order valence-corrected chi connectivity index (χ4v) is 1.27. The van der Waals surface area contributed by atoms with E-state index in [2.05, 4.69) is 0 Å². The van der Waals surface area contributed by atoms with Gasteiger partial charge in [-0.05, 0) is 31.6 Å². The van der Waals surface area contributed by atoms with E-state index in [4.69, 9.17) is 6.58 Å². The minimum atomic E-state index is -0.554. The Morgan fingerprint density at radius 1 is 1.22 bits per heavy atom. The van der Waals surface area contributed by atoms with Crippen LogP contribution in [0, 0.1) is 12.5 Å². The molecule has 1 fully saturated rings. The molecule has 0 atom stereocenters. The summed E-state index contributed by atoms with van der Waals surface area (Å²) >= 11 is 0. The van der Waals surface area contributed by atoms with Crippen molar-refractivity contribution in [2.75, 3.05) is 0 Å². The Morgan fingerprint density at radius 3 is 2.22 bits per heavy atom. The second-order valence-electron chi connectivity index (χ2n) is 2.70. The maximum Gasteiger partial charge on any atom is 0.100 e. The van der Waals surface area contributed by atoms with Crippen molar-refractivity contribution in [3.05, 3.63) is 12.7 Å². The first-order valence-corrected chi connectivity index (χ1v) is 3.52. The Kier molecular flexibility index (Phi) is 2.26. The van der Waals surface area contributed by atoms with E-state index in [1.165, 1.54) is 0 Å². The maximum absolute atomic E-state index is 12.4. The summed E-state index contributed by atoms with van der Waals surface area (Å²) in [6, 6.07) is 0. The van der Waals surface area contributed by atoms with Gasteiger partial charge in [0.2, 0.25) is 0 Å². The standard InChI is InChI=1S/C8H12F/c1-2-7-3-5-8(9)6-4-7/h1-2,7-8H,3-6H2. The van der Waals surface area contributed by atoms with E-state index in [9.17, 15) is 4.39 Å². The second-order valence-corrected chi connectivity index (χ2v) is 2.70. The van der Waals surface area contributed by atoms with Crippen LogP contribution in [0.25, 0.3) is 0 Å². The second kappa shape index (κ2) is 3.00. The van der Waals surface area contributed by atoms with Gasteiger partial charge in [0.05, 0.1) is 0 Å². The summed E-state index contributed by atoms with van der Waals surface area (Å²) < 4.78 is 12.4. The summed E-state index contributed by atoms with van der Waals surface area (Å²) in [4.78, 5) is 0. The van der Waals surface area contributed by atoms with Gasteiger partial charge < -0.3 is 0 Å². The highest BCUT2D eigenvalue weighted by atomic mass is 19.1. The summed E-state index contributed by atoms with van der Waals surface area (Å²) in [5.74, 6) is 0.483. The Labute approximate surface area is 55.8 Å². The first-order valence-electron chi connectivity index (χ1n) is 3.52. The molecule has 1 rings (SSSR count). The lowest BCUT2D eigenvalue weighted by molar-refractivity contribution is 0.226. The van der Waals surface area contributed by atoms with Gasteiger partial charge in [-0.15, -0.1) is 0 Å². The molecule has 1 aliphatic rings. The number of hydrogen-bond acceptors (Lipinski definition) is 0. The van der Waals surface area contributed by atoms with Gasteiger partial charge in [-0.1, -0.05) is 12.7 Å². The lowest BCUT2D eigenvalue weighted by atomic mass is 9.88. The van der Waals surface area contributed by atoms with Gasteiger partial charge in [0.25, 0.3) is 0 Å². The first kappa shape index (κ1) is 6.79. The number of alkyl halides is 1. The zero-order valence-corrected chi connectivity index (χ0v) is 5.52. The van der Waals surface area contributed by atoms with E-state index >= 15 is 0 Å². The molecule has 9 heavy (non-hydrogen) atoms. The number of rotatable bonds is 1. The molecule has 0 heterocycles. The Bertz CT molecular complexity index is 90.7. The number of halogens is 1. The molecule has 0 amide bonds. The van der Waals surface area contributed by atoms with Crippen LogP contribution >= 0.6 is 0 Å². The van der Waals surface area contributed by atoms with Crippen molar-refractivity contribution in [3.8, 4) is 0 Å². The third-order valence-electron chi connectivity index (χ3n) is 1.97. The van der Waals surface area contributed by atoms with Crippen molar-refractivity contribution in [2.45, 2.75) is 31.9 Å². The first-order chi connectivity index (χ1) is 4.33. The molecule has 0 aromatic rings. The zero-order valence-electron chi connectivity index (χ0n) is 5.52. The van der Waals surface area contributed by atoms with E-state index in [1.54, 1.807) is 6.08 Å². The summed E-state index contributed by atoms with van der Waals surface area (Å²) in [7, 11) is 0. The summed E-state index contributed by atoms with van der Waals surface area (Å²) in [6.45, 7) is 5.30. The van der Waals surface area contributed by atoms with Crippen LogP contribution in [0.3, 0.4) is 0 Å². The van der Waals surface area contributed by atoms with Gasteiger partial charge in [-0.25, -0.2) is 4.39 Å². The van der Waals surface area contributed by atoms with Gasteiger partial charge in [0.1, 0.15) is 6.17 Å². The van der Waals surface area contributed by atoms with Gasteiger partial charge in [-0.2, -0.15) is 0 Å². The SMILES string of the molecule is [CH]=CC1CCC(F)CC1. The molecular weight excluding hydrogens is 115 g/mol. The van der Waals surface area contributed by atoms with Crippen molar-refractivity contribution in [1.29, 1.82) is 0 Å². The van der Waals surface area contributed by atoms with Crippen LogP contribution in [0.5, 0.6) is 0 Å². The van der Waals surface area contributed by atoms with Crippen LogP contribution in [0.1, 0.15) is 25.7 Å². The Morgan fingerprint density at radius 2 is 1.78 bits per heavy atom. The maximum atomic E-state index is 12.4. The minimum Gasteiger partial charge on any atom is -0.247 e. The monoisotopic (exact) mass is 127 g/mol. The van der Waals surface area contributed by atoms with Crippen LogP contribution in [0.15, 0.2) is 6.08 Å². The van der Waals surface area contributed by atoms with Crippen molar-refractivity contribution in [3.63, 3.8) is 0 Å². The lowest BCUT2D eigenvalue weighted by Crippen LogP contribution is -2.12. The quantitative estimate of drug-likeness (QED) is 0.507. The highest BCUT2D eigenvalue weighted by Gasteiger charge is 2.17. The molecular formula is C8H12F. The largest absolute Gasteiger partial charge is 0.247 e. The molecule has 0 nitrogen and oxygen atoms in total. The molecule has 0 aromatic carbocycles. The van der Waals surface area contributed by atoms with Gasteiger partial charge >= 0.3 is 0 Å². The summed E-state index contributed by atoms with van der Waals surface area (Å²) in [6.07, 6.45) is 4.44. The van der Waals surface area contributed by atoms with Crippen LogP contribution < -0.4 is 0 Å². The molecule has 0 aromatic heterocycles. The molecule has 1 aliphatic carbocycles.